The minimum Gasteiger partial charge on any atom is -0.486 e. The second-order valence-electron chi connectivity index (χ2n) is 8.00. The van der Waals surface area contributed by atoms with Crippen molar-refractivity contribution in [1.82, 2.24) is 10.2 Å². The minimum atomic E-state index is -0.658. The van der Waals surface area contributed by atoms with Gasteiger partial charge in [-0.2, -0.15) is 0 Å². The summed E-state index contributed by atoms with van der Waals surface area (Å²) < 4.78 is 11.6. The van der Waals surface area contributed by atoms with E-state index in [0.717, 1.165) is 25.9 Å². The average Bonchev–Trinajstić information content (AvgIpc) is 2.78. The fourth-order valence-electron chi connectivity index (χ4n) is 3.91. The molecule has 2 aliphatic heterocycles. The van der Waals surface area contributed by atoms with Crippen LogP contribution in [0.5, 0.6) is 11.5 Å². The number of carbonyl (C=O) groups excluding carboxylic acids is 1. The predicted octanol–water partition coefficient (Wildman–Crippen LogP) is 2.53. The van der Waals surface area contributed by atoms with E-state index < -0.39 is 12.2 Å². The summed E-state index contributed by atoms with van der Waals surface area (Å²) in [5.74, 6) is 1.34. The normalized spacial score (nSPS) is 20.3. The van der Waals surface area contributed by atoms with Crippen LogP contribution < -0.4 is 20.1 Å². The summed E-state index contributed by atoms with van der Waals surface area (Å²) in [5.41, 5.74) is 0.708. The number of carbonyl (C=O) groups is 1. The van der Waals surface area contributed by atoms with Gasteiger partial charge in [-0.1, -0.05) is 29.8 Å². The van der Waals surface area contributed by atoms with Gasteiger partial charge >= 0.3 is 0 Å². The Morgan fingerprint density at radius 2 is 1.94 bits per heavy atom. The third-order valence-electron chi connectivity index (χ3n) is 5.64. The Hall–Kier alpha value is -2.32. The van der Waals surface area contributed by atoms with Crippen molar-refractivity contribution in [1.29, 1.82) is 0 Å². The molecule has 3 N–H and O–H groups in total. The van der Waals surface area contributed by atoms with E-state index >= 15 is 0 Å². The van der Waals surface area contributed by atoms with Crippen LogP contribution in [0, 0.1) is 0 Å². The van der Waals surface area contributed by atoms with Gasteiger partial charge in [0.2, 0.25) is 5.91 Å². The second kappa shape index (κ2) is 10.3. The summed E-state index contributed by atoms with van der Waals surface area (Å²) in [7, 11) is 0. The van der Waals surface area contributed by atoms with Crippen LogP contribution in [0.15, 0.2) is 48.5 Å². The molecule has 0 saturated carbocycles. The van der Waals surface area contributed by atoms with Crippen molar-refractivity contribution in [2.45, 2.75) is 31.1 Å². The first-order chi connectivity index (χ1) is 15.1. The van der Waals surface area contributed by atoms with Crippen LogP contribution in [0.4, 0.5) is 5.69 Å². The van der Waals surface area contributed by atoms with Crippen LogP contribution in [0.25, 0.3) is 0 Å². The molecule has 2 heterocycles. The molecule has 0 aliphatic carbocycles. The van der Waals surface area contributed by atoms with Gasteiger partial charge in [-0.3, -0.25) is 9.69 Å². The maximum atomic E-state index is 12.3. The molecule has 2 aliphatic rings. The fourth-order valence-corrected chi connectivity index (χ4v) is 4.10. The van der Waals surface area contributed by atoms with Crippen molar-refractivity contribution in [3.63, 3.8) is 0 Å². The van der Waals surface area contributed by atoms with E-state index in [1.165, 1.54) is 0 Å². The van der Waals surface area contributed by atoms with Gasteiger partial charge in [0.15, 0.2) is 17.6 Å². The number of aliphatic hydroxyl groups is 1. The Kier molecular flexibility index (Phi) is 7.29. The SMILES string of the molecule is O=C(CN1CCC(NCC(O)C2COc3ccccc3O2)CC1)Nc1cccc(Cl)c1. The van der Waals surface area contributed by atoms with Gasteiger partial charge in [0, 0.05) is 36.4 Å². The maximum Gasteiger partial charge on any atom is 0.238 e. The molecule has 0 spiro atoms. The summed E-state index contributed by atoms with van der Waals surface area (Å²) in [4.78, 5) is 14.4. The standard InChI is InChI=1S/C23H28ClN3O4/c24-16-4-3-5-18(12-16)26-23(29)14-27-10-8-17(9-11-27)25-13-19(28)22-15-30-20-6-1-2-7-21(20)31-22/h1-7,12,17,19,22,25,28H,8-11,13-15H2,(H,26,29). The molecule has 0 radical (unpaired) electrons. The smallest absolute Gasteiger partial charge is 0.238 e. The van der Waals surface area contributed by atoms with Crippen LogP contribution in [0.2, 0.25) is 5.02 Å². The zero-order valence-corrected chi connectivity index (χ0v) is 18.1. The molecule has 2 aromatic rings. The lowest BCUT2D eigenvalue weighted by molar-refractivity contribution is -0.117. The number of nitrogens with zero attached hydrogens (tertiary/aromatic N) is 1. The minimum absolute atomic E-state index is 0.0428. The number of amides is 1. The van der Waals surface area contributed by atoms with Crippen molar-refractivity contribution in [2.75, 3.05) is 38.1 Å². The van der Waals surface area contributed by atoms with E-state index in [1.807, 2.05) is 36.4 Å². The van der Waals surface area contributed by atoms with E-state index in [-0.39, 0.29) is 5.91 Å². The highest BCUT2D eigenvalue weighted by Gasteiger charge is 2.28. The largest absolute Gasteiger partial charge is 0.486 e. The lowest BCUT2D eigenvalue weighted by atomic mass is 10.0. The fraction of sp³-hybridized carbons (Fsp3) is 0.435. The molecule has 1 amide bonds. The highest BCUT2D eigenvalue weighted by atomic mass is 35.5. The number of aliphatic hydroxyl groups excluding tert-OH is 1. The molecular weight excluding hydrogens is 418 g/mol. The summed E-state index contributed by atoms with van der Waals surface area (Å²) in [6.07, 6.45) is 0.789. The number of rotatable bonds is 7. The van der Waals surface area contributed by atoms with Crippen LogP contribution in [0.3, 0.4) is 0 Å². The summed E-state index contributed by atoms with van der Waals surface area (Å²) in [6.45, 7) is 2.78. The molecule has 4 rings (SSSR count). The Bertz CT molecular complexity index is 889. The van der Waals surface area contributed by atoms with Crippen molar-refractivity contribution in [2.24, 2.45) is 0 Å². The first-order valence-electron chi connectivity index (χ1n) is 10.6. The van der Waals surface area contributed by atoms with Crippen molar-refractivity contribution >= 4 is 23.2 Å². The first kappa shape index (κ1) is 21.9. The van der Waals surface area contributed by atoms with Crippen molar-refractivity contribution in [3.05, 3.63) is 53.6 Å². The molecule has 166 valence electrons. The van der Waals surface area contributed by atoms with Gasteiger partial charge in [0.25, 0.3) is 0 Å². The lowest BCUT2D eigenvalue weighted by Gasteiger charge is -2.34. The van der Waals surface area contributed by atoms with E-state index in [1.54, 1.807) is 12.1 Å². The van der Waals surface area contributed by atoms with Crippen LogP contribution in [-0.2, 0) is 4.79 Å². The Balaban J connectivity index is 1.15. The molecule has 1 saturated heterocycles. The number of hydrogen-bond donors (Lipinski definition) is 3. The van der Waals surface area contributed by atoms with Crippen molar-refractivity contribution < 1.29 is 19.4 Å². The summed E-state index contributed by atoms with van der Waals surface area (Å²) in [5, 5.41) is 17.4. The zero-order chi connectivity index (χ0) is 21.6. The Labute approximate surface area is 187 Å². The van der Waals surface area contributed by atoms with Gasteiger partial charge < -0.3 is 25.2 Å². The highest BCUT2D eigenvalue weighted by Crippen LogP contribution is 2.31. The third-order valence-corrected chi connectivity index (χ3v) is 5.87. The molecule has 2 aromatic carbocycles. The number of piperidine rings is 1. The molecule has 1 fully saturated rings. The van der Waals surface area contributed by atoms with Crippen LogP contribution in [-0.4, -0.2) is 66.9 Å². The Morgan fingerprint density at radius 1 is 1.16 bits per heavy atom. The maximum absolute atomic E-state index is 12.3. The lowest BCUT2D eigenvalue weighted by Crippen LogP contribution is -2.50. The summed E-state index contributed by atoms with van der Waals surface area (Å²) in [6, 6.07) is 14.9. The number of anilines is 1. The number of fused-ring (bicyclic) bond motifs is 1. The Morgan fingerprint density at radius 3 is 2.71 bits per heavy atom. The first-order valence-corrected chi connectivity index (χ1v) is 11.0. The molecule has 2 atom stereocenters. The van der Waals surface area contributed by atoms with Gasteiger partial charge in [0.05, 0.1) is 6.54 Å². The molecule has 7 nitrogen and oxygen atoms in total. The quantitative estimate of drug-likeness (QED) is 0.607. The average molecular weight is 446 g/mol. The molecule has 8 heteroatoms. The van der Waals surface area contributed by atoms with Crippen LogP contribution in [0.1, 0.15) is 12.8 Å². The number of hydrogen-bond acceptors (Lipinski definition) is 6. The van der Waals surface area contributed by atoms with E-state index in [4.69, 9.17) is 21.1 Å². The van der Waals surface area contributed by atoms with Crippen molar-refractivity contribution in [3.8, 4) is 11.5 Å². The highest BCUT2D eigenvalue weighted by molar-refractivity contribution is 6.30. The zero-order valence-electron chi connectivity index (χ0n) is 17.3. The molecule has 31 heavy (non-hydrogen) atoms. The molecular formula is C23H28ClN3O4. The van der Waals surface area contributed by atoms with Gasteiger partial charge in [-0.25, -0.2) is 0 Å². The summed E-state index contributed by atoms with van der Waals surface area (Å²) >= 11 is 5.96. The third kappa shape index (κ3) is 6.11. The van der Waals surface area contributed by atoms with Gasteiger partial charge in [-0.15, -0.1) is 0 Å². The number of nitrogens with one attached hydrogen (secondary N) is 2. The number of likely N-dealkylation sites (tertiary alicyclic amines) is 1. The number of para-hydroxylation sites is 2. The number of halogens is 1. The van der Waals surface area contributed by atoms with E-state index in [2.05, 4.69) is 15.5 Å². The second-order valence-corrected chi connectivity index (χ2v) is 8.44. The van der Waals surface area contributed by atoms with E-state index in [9.17, 15) is 9.90 Å². The molecule has 0 bridgehead atoms. The topological polar surface area (TPSA) is 83.1 Å². The molecule has 0 aromatic heterocycles. The number of ether oxygens (including phenoxy) is 2. The van der Waals surface area contributed by atoms with Gasteiger partial charge in [-0.05, 0) is 43.2 Å². The van der Waals surface area contributed by atoms with E-state index in [0.29, 0.717) is 47.9 Å². The predicted molar refractivity (Wildman–Crippen MR) is 120 cm³/mol. The van der Waals surface area contributed by atoms with Gasteiger partial charge in [0.1, 0.15) is 12.7 Å². The number of benzene rings is 2. The molecule has 2 unspecified atom stereocenters. The monoisotopic (exact) mass is 445 g/mol. The van der Waals surface area contributed by atoms with Crippen LogP contribution >= 0.6 is 11.6 Å².